The molecule has 0 bridgehead atoms. The number of nitrogens with one attached hydrogen (secondary N) is 2. The fourth-order valence-corrected chi connectivity index (χ4v) is 2.60. The maximum absolute atomic E-state index is 11.8. The summed E-state index contributed by atoms with van der Waals surface area (Å²) in [5, 5.41) is 21.9. The number of carbonyl (C=O) groups is 2. The molecule has 0 spiro atoms. The number of aromatic nitrogens is 3. The van der Waals surface area contributed by atoms with Crippen LogP contribution in [0.5, 0.6) is 0 Å². The van der Waals surface area contributed by atoms with Crippen molar-refractivity contribution in [3.8, 4) is 0 Å². The van der Waals surface area contributed by atoms with Crippen LogP contribution >= 0.6 is 11.8 Å². The van der Waals surface area contributed by atoms with Gasteiger partial charge in [-0.2, -0.15) is 11.8 Å². The molecule has 1 aliphatic rings. The molecule has 1 unspecified atom stereocenters. The van der Waals surface area contributed by atoms with Crippen molar-refractivity contribution in [2.45, 2.75) is 19.1 Å². The topological polar surface area (TPSA) is 109 Å². The Labute approximate surface area is 113 Å². The van der Waals surface area contributed by atoms with Crippen molar-refractivity contribution in [3.05, 3.63) is 11.9 Å². The SMILES string of the molecule is O=C(O)Cn1cc(CNC(=O)C2CSCCN2)nn1. The molecule has 1 aromatic heterocycles. The van der Waals surface area contributed by atoms with Gasteiger partial charge in [0.25, 0.3) is 0 Å². The van der Waals surface area contributed by atoms with Crippen molar-refractivity contribution in [1.29, 1.82) is 0 Å². The van der Waals surface area contributed by atoms with Crippen LogP contribution in [0.2, 0.25) is 0 Å². The van der Waals surface area contributed by atoms with Crippen molar-refractivity contribution in [2.75, 3.05) is 18.1 Å². The number of amides is 1. The van der Waals surface area contributed by atoms with Crippen LogP contribution in [0.15, 0.2) is 6.20 Å². The van der Waals surface area contributed by atoms with E-state index < -0.39 is 5.97 Å². The van der Waals surface area contributed by atoms with E-state index in [1.54, 1.807) is 11.8 Å². The summed E-state index contributed by atoms with van der Waals surface area (Å²) in [4.78, 5) is 22.3. The average Bonchev–Trinajstić information content (AvgIpc) is 2.84. The summed E-state index contributed by atoms with van der Waals surface area (Å²) in [5.74, 6) is 0.731. The highest BCUT2D eigenvalue weighted by molar-refractivity contribution is 7.99. The van der Waals surface area contributed by atoms with Crippen molar-refractivity contribution >= 4 is 23.6 Å². The molecule has 2 heterocycles. The van der Waals surface area contributed by atoms with E-state index in [0.29, 0.717) is 5.69 Å². The summed E-state index contributed by atoms with van der Waals surface area (Å²) in [5.41, 5.74) is 0.540. The van der Waals surface area contributed by atoms with E-state index in [-0.39, 0.29) is 25.0 Å². The van der Waals surface area contributed by atoms with Gasteiger partial charge in [-0.25, -0.2) is 4.68 Å². The zero-order valence-electron chi connectivity index (χ0n) is 10.2. The van der Waals surface area contributed by atoms with Crippen LogP contribution in [0.3, 0.4) is 0 Å². The van der Waals surface area contributed by atoms with E-state index in [1.807, 2.05) is 0 Å². The Morgan fingerprint density at radius 2 is 2.47 bits per heavy atom. The first-order valence-corrected chi connectivity index (χ1v) is 7.00. The average molecular weight is 285 g/mol. The standard InChI is InChI=1S/C10H15N5O3S/c16-9(17)5-15-4-7(13-14-15)3-12-10(18)8-6-19-2-1-11-8/h4,8,11H,1-3,5-6H2,(H,12,18)(H,16,17). The molecule has 9 heteroatoms. The highest BCUT2D eigenvalue weighted by Gasteiger charge is 2.20. The van der Waals surface area contributed by atoms with Crippen LogP contribution in [0.1, 0.15) is 5.69 Å². The van der Waals surface area contributed by atoms with Gasteiger partial charge in [0.1, 0.15) is 12.2 Å². The van der Waals surface area contributed by atoms with Crippen LogP contribution in [0.4, 0.5) is 0 Å². The number of hydrogen-bond donors (Lipinski definition) is 3. The molecule has 19 heavy (non-hydrogen) atoms. The molecule has 8 nitrogen and oxygen atoms in total. The number of carboxylic acid groups (broad SMARTS) is 1. The molecule has 104 valence electrons. The largest absolute Gasteiger partial charge is 0.480 e. The van der Waals surface area contributed by atoms with Crippen molar-refractivity contribution in [2.24, 2.45) is 0 Å². The van der Waals surface area contributed by atoms with Crippen molar-refractivity contribution in [3.63, 3.8) is 0 Å². The van der Waals surface area contributed by atoms with Gasteiger partial charge in [0.2, 0.25) is 5.91 Å². The Morgan fingerprint density at radius 1 is 1.63 bits per heavy atom. The third kappa shape index (κ3) is 4.21. The van der Waals surface area contributed by atoms with Crippen LogP contribution in [0, 0.1) is 0 Å². The number of carboxylic acids is 1. The number of hydrogen-bond acceptors (Lipinski definition) is 6. The van der Waals surface area contributed by atoms with Gasteiger partial charge in [-0.05, 0) is 0 Å². The Bertz CT molecular complexity index is 458. The second kappa shape index (κ2) is 6.53. The molecule has 3 N–H and O–H groups in total. The van der Waals surface area contributed by atoms with Crippen LogP contribution in [-0.2, 0) is 22.7 Å². The second-order valence-electron chi connectivity index (χ2n) is 4.10. The first-order chi connectivity index (χ1) is 9.15. The number of aliphatic carboxylic acids is 1. The summed E-state index contributed by atoms with van der Waals surface area (Å²) < 4.78 is 1.22. The number of nitrogens with zero attached hydrogens (tertiary/aromatic N) is 3. The molecule has 1 fully saturated rings. The van der Waals surface area contributed by atoms with Crippen molar-refractivity contribution < 1.29 is 14.7 Å². The van der Waals surface area contributed by atoms with Crippen LogP contribution < -0.4 is 10.6 Å². The van der Waals surface area contributed by atoms with E-state index in [0.717, 1.165) is 18.1 Å². The number of rotatable bonds is 5. The van der Waals surface area contributed by atoms with Gasteiger partial charge in [0, 0.05) is 18.1 Å². The fraction of sp³-hybridized carbons (Fsp3) is 0.600. The minimum atomic E-state index is -0.982. The maximum atomic E-state index is 11.8. The Morgan fingerprint density at radius 3 is 3.16 bits per heavy atom. The second-order valence-corrected chi connectivity index (χ2v) is 5.25. The molecule has 0 aromatic carbocycles. The highest BCUT2D eigenvalue weighted by atomic mass is 32.2. The lowest BCUT2D eigenvalue weighted by atomic mass is 10.3. The molecule has 0 radical (unpaired) electrons. The molecule has 1 saturated heterocycles. The van der Waals surface area contributed by atoms with E-state index in [9.17, 15) is 9.59 Å². The summed E-state index contributed by atoms with van der Waals surface area (Å²) in [6.45, 7) is 0.848. The Balaban J connectivity index is 1.79. The van der Waals surface area contributed by atoms with Crippen LogP contribution in [0.25, 0.3) is 0 Å². The van der Waals surface area contributed by atoms with Gasteiger partial charge in [-0.1, -0.05) is 5.21 Å². The van der Waals surface area contributed by atoms with E-state index in [2.05, 4.69) is 20.9 Å². The van der Waals surface area contributed by atoms with Gasteiger partial charge in [-0.15, -0.1) is 5.10 Å². The normalized spacial score (nSPS) is 19.1. The monoisotopic (exact) mass is 285 g/mol. The molecule has 1 aliphatic heterocycles. The minimum absolute atomic E-state index is 0.0695. The van der Waals surface area contributed by atoms with Gasteiger partial charge < -0.3 is 15.7 Å². The predicted molar refractivity (Wildman–Crippen MR) is 68.6 cm³/mol. The molecular weight excluding hydrogens is 270 g/mol. The molecule has 1 aromatic rings. The minimum Gasteiger partial charge on any atom is -0.480 e. The maximum Gasteiger partial charge on any atom is 0.325 e. The van der Waals surface area contributed by atoms with Gasteiger partial charge in [-0.3, -0.25) is 9.59 Å². The van der Waals surface area contributed by atoms with Crippen LogP contribution in [-0.4, -0.2) is 56.1 Å². The molecule has 1 amide bonds. The molecule has 1 atom stereocenters. The molecule has 0 aliphatic carbocycles. The van der Waals surface area contributed by atoms with Crippen molar-refractivity contribution in [1.82, 2.24) is 25.6 Å². The number of carbonyl (C=O) groups excluding carboxylic acids is 1. The quantitative estimate of drug-likeness (QED) is 0.616. The zero-order chi connectivity index (χ0) is 13.7. The summed E-state index contributed by atoms with van der Waals surface area (Å²) in [7, 11) is 0. The third-order valence-corrected chi connectivity index (χ3v) is 3.63. The molecular formula is C10H15N5O3S. The highest BCUT2D eigenvalue weighted by Crippen LogP contribution is 2.07. The molecule has 2 rings (SSSR count). The first-order valence-electron chi connectivity index (χ1n) is 5.85. The predicted octanol–water partition coefficient (Wildman–Crippen LogP) is -1.32. The smallest absolute Gasteiger partial charge is 0.325 e. The lowest BCUT2D eigenvalue weighted by molar-refractivity contribution is -0.138. The van der Waals surface area contributed by atoms with E-state index in [1.165, 1.54) is 10.9 Å². The van der Waals surface area contributed by atoms with Gasteiger partial charge in [0.05, 0.1) is 18.8 Å². The first kappa shape index (κ1) is 13.8. The molecule has 0 saturated carbocycles. The lowest BCUT2D eigenvalue weighted by Gasteiger charge is -2.21. The van der Waals surface area contributed by atoms with Gasteiger partial charge in [0.15, 0.2) is 0 Å². The Kier molecular flexibility index (Phi) is 4.74. The number of thioether (sulfide) groups is 1. The summed E-state index contributed by atoms with van der Waals surface area (Å²) in [6, 6.07) is -0.173. The fourth-order valence-electron chi connectivity index (χ4n) is 1.67. The Hall–Kier alpha value is -1.61. The van der Waals surface area contributed by atoms with E-state index >= 15 is 0 Å². The summed E-state index contributed by atoms with van der Waals surface area (Å²) >= 11 is 1.74. The lowest BCUT2D eigenvalue weighted by Crippen LogP contribution is -2.48. The zero-order valence-corrected chi connectivity index (χ0v) is 11.0. The third-order valence-electron chi connectivity index (χ3n) is 2.57. The summed E-state index contributed by atoms with van der Waals surface area (Å²) in [6.07, 6.45) is 1.51. The van der Waals surface area contributed by atoms with Gasteiger partial charge >= 0.3 is 5.97 Å². The van der Waals surface area contributed by atoms with E-state index in [4.69, 9.17) is 5.11 Å².